The zero-order valence-electron chi connectivity index (χ0n) is 17.7. The van der Waals surface area contributed by atoms with Crippen LogP contribution in [0.1, 0.15) is 28.8 Å². The summed E-state index contributed by atoms with van der Waals surface area (Å²) in [6, 6.07) is 21.2. The molecule has 1 aliphatic rings. The summed E-state index contributed by atoms with van der Waals surface area (Å²) in [5.74, 6) is -0.653. The molecule has 1 heterocycles. The predicted molar refractivity (Wildman–Crippen MR) is 121 cm³/mol. The molecule has 162 valence electrons. The normalized spacial score (nSPS) is 15.5. The Kier molecular flexibility index (Phi) is 5.48. The molecule has 0 bridgehead atoms. The molecule has 3 aromatic carbocycles. The predicted octanol–water partition coefficient (Wildman–Crippen LogP) is 5.39. The van der Waals surface area contributed by atoms with Crippen LogP contribution < -0.4 is 5.32 Å². The lowest BCUT2D eigenvalue weighted by atomic mass is 9.85. The molecule has 5 heteroatoms. The first kappa shape index (κ1) is 20.4. The molecule has 0 saturated heterocycles. The fourth-order valence-corrected chi connectivity index (χ4v) is 4.80. The smallest absolute Gasteiger partial charge is 0.223 e. The Bertz CT molecular complexity index is 1290. The van der Waals surface area contributed by atoms with E-state index in [0.29, 0.717) is 19.5 Å². The minimum atomic E-state index is -0.301. The molecule has 1 N–H and O–H groups in total. The zero-order valence-corrected chi connectivity index (χ0v) is 17.7. The number of nitrogens with zero attached hydrogens (tertiary/aromatic N) is 1. The maximum atomic E-state index is 13.7. The number of amides is 1. The maximum absolute atomic E-state index is 13.7. The van der Waals surface area contributed by atoms with Crippen LogP contribution in [0.5, 0.6) is 0 Å². The molecule has 1 atom stereocenters. The highest BCUT2D eigenvalue weighted by Crippen LogP contribution is 2.35. The average molecular weight is 430 g/mol. The Morgan fingerprint density at radius 3 is 2.44 bits per heavy atom. The van der Waals surface area contributed by atoms with Crippen molar-refractivity contribution in [2.75, 3.05) is 0 Å². The minimum Gasteiger partial charge on any atom is -0.352 e. The molecule has 32 heavy (non-hydrogen) atoms. The topological polar surface area (TPSA) is 34.0 Å². The first-order valence-corrected chi connectivity index (χ1v) is 10.9. The number of aromatic nitrogens is 1. The highest BCUT2D eigenvalue weighted by Gasteiger charge is 2.29. The average Bonchev–Trinajstić information content (AvgIpc) is 3.11. The molecule has 5 rings (SSSR count). The number of benzene rings is 3. The zero-order chi connectivity index (χ0) is 22.1. The van der Waals surface area contributed by atoms with Gasteiger partial charge >= 0.3 is 0 Å². The Balaban J connectivity index is 1.39. The first-order valence-electron chi connectivity index (χ1n) is 10.9. The van der Waals surface area contributed by atoms with Crippen molar-refractivity contribution in [3.8, 4) is 0 Å². The van der Waals surface area contributed by atoms with Gasteiger partial charge in [-0.1, -0.05) is 42.5 Å². The van der Waals surface area contributed by atoms with Crippen LogP contribution in [0.15, 0.2) is 72.8 Å². The molecule has 0 fully saturated rings. The summed E-state index contributed by atoms with van der Waals surface area (Å²) < 4.78 is 29.4. The van der Waals surface area contributed by atoms with Crippen LogP contribution in [-0.2, 0) is 30.7 Å². The first-order chi connectivity index (χ1) is 15.6. The van der Waals surface area contributed by atoms with Crippen molar-refractivity contribution < 1.29 is 13.6 Å². The van der Waals surface area contributed by atoms with Gasteiger partial charge in [-0.3, -0.25) is 4.79 Å². The van der Waals surface area contributed by atoms with Gasteiger partial charge in [-0.15, -0.1) is 0 Å². The molecule has 0 aliphatic heterocycles. The number of nitrogens with one attached hydrogen (secondary N) is 1. The van der Waals surface area contributed by atoms with Crippen LogP contribution in [0.2, 0.25) is 0 Å². The number of rotatable bonds is 5. The lowest BCUT2D eigenvalue weighted by Crippen LogP contribution is -2.34. The number of halogens is 2. The summed E-state index contributed by atoms with van der Waals surface area (Å²) in [5.41, 5.74) is 5.21. The third-order valence-corrected chi connectivity index (χ3v) is 6.33. The highest BCUT2D eigenvalue weighted by atomic mass is 19.1. The van der Waals surface area contributed by atoms with Crippen molar-refractivity contribution in [2.24, 2.45) is 5.92 Å². The minimum absolute atomic E-state index is 0.00173. The van der Waals surface area contributed by atoms with Gasteiger partial charge in [0.15, 0.2) is 0 Å². The fourth-order valence-electron chi connectivity index (χ4n) is 4.80. The van der Waals surface area contributed by atoms with E-state index in [1.807, 2.05) is 24.3 Å². The molecule has 0 radical (unpaired) electrons. The van der Waals surface area contributed by atoms with Gasteiger partial charge in [0.2, 0.25) is 5.91 Å². The number of para-hydroxylation sites is 1. The Labute approximate surface area is 185 Å². The monoisotopic (exact) mass is 430 g/mol. The molecule has 1 amide bonds. The maximum Gasteiger partial charge on any atom is 0.223 e. The van der Waals surface area contributed by atoms with Gasteiger partial charge in [0.25, 0.3) is 0 Å². The van der Waals surface area contributed by atoms with Crippen molar-refractivity contribution in [3.05, 3.63) is 107 Å². The van der Waals surface area contributed by atoms with Gasteiger partial charge in [-0.25, -0.2) is 8.78 Å². The van der Waals surface area contributed by atoms with E-state index < -0.39 is 0 Å². The molecule has 1 unspecified atom stereocenters. The lowest BCUT2D eigenvalue weighted by molar-refractivity contribution is -0.125. The molecule has 0 saturated carbocycles. The van der Waals surface area contributed by atoms with Crippen LogP contribution in [0.4, 0.5) is 8.78 Å². The second-order valence-corrected chi connectivity index (χ2v) is 8.45. The molecule has 1 aromatic heterocycles. The SMILES string of the molecule is O=C(NCc1cccc(F)c1)C1CCc2c(c3ccccc3n2Cc2cccc(F)c2)C1. The Morgan fingerprint density at radius 2 is 1.66 bits per heavy atom. The van der Waals surface area contributed by atoms with Crippen LogP contribution in [0.3, 0.4) is 0 Å². The molecular formula is C27H24F2N2O. The van der Waals surface area contributed by atoms with Crippen molar-refractivity contribution in [2.45, 2.75) is 32.4 Å². The summed E-state index contributed by atoms with van der Waals surface area (Å²) in [7, 11) is 0. The van der Waals surface area contributed by atoms with Crippen molar-refractivity contribution in [1.29, 1.82) is 0 Å². The highest BCUT2D eigenvalue weighted by molar-refractivity contribution is 5.88. The quantitative estimate of drug-likeness (QED) is 0.453. The summed E-state index contributed by atoms with van der Waals surface area (Å²) in [6.07, 6.45) is 2.21. The molecule has 1 aliphatic carbocycles. The van der Waals surface area contributed by atoms with Crippen LogP contribution >= 0.6 is 0 Å². The second kappa shape index (κ2) is 8.58. The van der Waals surface area contributed by atoms with Gasteiger partial charge in [0, 0.05) is 35.6 Å². The van der Waals surface area contributed by atoms with Crippen molar-refractivity contribution in [1.82, 2.24) is 9.88 Å². The van der Waals surface area contributed by atoms with E-state index >= 15 is 0 Å². The second-order valence-electron chi connectivity index (χ2n) is 8.45. The summed E-state index contributed by atoms with van der Waals surface area (Å²) in [4.78, 5) is 12.9. The Hall–Kier alpha value is -3.47. The van der Waals surface area contributed by atoms with Crippen molar-refractivity contribution in [3.63, 3.8) is 0 Å². The van der Waals surface area contributed by atoms with Crippen LogP contribution in [-0.4, -0.2) is 10.5 Å². The molecule has 3 nitrogen and oxygen atoms in total. The fraction of sp³-hybridized carbons (Fsp3) is 0.222. The van der Waals surface area contributed by atoms with Crippen LogP contribution in [0, 0.1) is 17.6 Å². The van der Waals surface area contributed by atoms with Gasteiger partial charge in [0.05, 0.1) is 0 Å². The van der Waals surface area contributed by atoms with E-state index in [2.05, 4.69) is 22.0 Å². The van der Waals surface area contributed by atoms with Gasteiger partial charge in [-0.2, -0.15) is 0 Å². The third-order valence-electron chi connectivity index (χ3n) is 6.33. The van der Waals surface area contributed by atoms with Gasteiger partial charge < -0.3 is 9.88 Å². The van der Waals surface area contributed by atoms with E-state index in [0.717, 1.165) is 34.9 Å². The lowest BCUT2D eigenvalue weighted by Gasteiger charge is -2.23. The van der Waals surface area contributed by atoms with E-state index in [-0.39, 0.29) is 23.5 Å². The van der Waals surface area contributed by atoms with E-state index in [1.165, 1.54) is 29.5 Å². The number of hydrogen-bond donors (Lipinski definition) is 1. The van der Waals surface area contributed by atoms with E-state index in [1.54, 1.807) is 18.2 Å². The van der Waals surface area contributed by atoms with E-state index in [9.17, 15) is 13.6 Å². The van der Waals surface area contributed by atoms with E-state index in [4.69, 9.17) is 0 Å². The van der Waals surface area contributed by atoms with Gasteiger partial charge in [-0.05, 0) is 66.3 Å². The number of carbonyl (C=O) groups excluding carboxylic acids is 1. The standard InChI is InChI=1S/C27H24F2N2O/c28-21-7-3-5-18(13-21)16-30-27(32)20-11-12-26-24(15-20)23-9-1-2-10-25(23)31(26)17-19-6-4-8-22(29)14-19/h1-10,13-14,20H,11-12,15-17H2,(H,30,32). The largest absolute Gasteiger partial charge is 0.352 e. The Morgan fingerprint density at radius 1 is 0.938 bits per heavy atom. The van der Waals surface area contributed by atoms with Crippen LogP contribution in [0.25, 0.3) is 10.9 Å². The van der Waals surface area contributed by atoms with Gasteiger partial charge in [0.1, 0.15) is 11.6 Å². The number of hydrogen-bond acceptors (Lipinski definition) is 1. The summed E-state index contributed by atoms with van der Waals surface area (Å²) in [5, 5.41) is 4.13. The number of carbonyl (C=O) groups is 1. The molecular weight excluding hydrogens is 406 g/mol. The van der Waals surface area contributed by atoms with Crippen molar-refractivity contribution >= 4 is 16.8 Å². The third kappa shape index (κ3) is 4.03. The summed E-state index contributed by atoms with van der Waals surface area (Å²) >= 11 is 0. The number of fused-ring (bicyclic) bond motifs is 3. The summed E-state index contributed by atoms with van der Waals surface area (Å²) in [6.45, 7) is 0.922. The molecule has 4 aromatic rings. The molecule has 0 spiro atoms.